The quantitative estimate of drug-likeness (QED) is 0.875. The first-order valence-electron chi connectivity index (χ1n) is 4.97. The van der Waals surface area contributed by atoms with Crippen molar-refractivity contribution < 1.29 is 5.11 Å². The zero-order valence-electron chi connectivity index (χ0n) is 8.61. The van der Waals surface area contributed by atoms with Gasteiger partial charge in [0.15, 0.2) is 0 Å². The number of thiophene rings is 1. The van der Waals surface area contributed by atoms with E-state index < -0.39 is 0 Å². The number of aromatic hydroxyl groups is 1. The van der Waals surface area contributed by atoms with Crippen molar-refractivity contribution in [2.24, 2.45) is 0 Å². The van der Waals surface area contributed by atoms with Crippen LogP contribution in [-0.4, -0.2) is 5.11 Å². The number of nitrogens with one attached hydrogen (secondary N) is 1. The molecule has 0 aliphatic carbocycles. The van der Waals surface area contributed by atoms with E-state index in [0.717, 1.165) is 16.4 Å². The number of para-hydroxylation sites is 1. The summed E-state index contributed by atoms with van der Waals surface area (Å²) in [5.41, 5.74) is 0.908. The largest absolute Gasteiger partial charge is 0.508 e. The fourth-order valence-electron chi connectivity index (χ4n) is 1.43. The van der Waals surface area contributed by atoms with Crippen LogP contribution < -0.4 is 5.32 Å². The summed E-state index contributed by atoms with van der Waals surface area (Å²) in [4.78, 5) is 1.19. The van der Waals surface area contributed by atoms with Crippen molar-refractivity contribution in [3.05, 3.63) is 51.2 Å². The minimum Gasteiger partial charge on any atom is -0.508 e. The topological polar surface area (TPSA) is 32.3 Å². The SMILES string of the molecule is Oc1ccccc1CNCc1ccc(Cl)s1. The smallest absolute Gasteiger partial charge is 0.120 e. The monoisotopic (exact) mass is 253 g/mol. The van der Waals surface area contributed by atoms with E-state index in [9.17, 15) is 5.11 Å². The van der Waals surface area contributed by atoms with Crippen LogP contribution >= 0.6 is 22.9 Å². The van der Waals surface area contributed by atoms with E-state index in [1.807, 2.05) is 30.3 Å². The minimum absolute atomic E-state index is 0.333. The van der Waals surface area contributed by atoms with E-state index in [4.69, 9.17) is 11.6 Å². The summed E-state index contributed by atoms with van der Waals surface area (Å²) >= 11 is 7.40. The average Bonchev–Trinajstić information content (AvgIpc) is 2.67. The second kappa shape index (κ2) is 5.34. The molecule has 4 heteroatoms. The van der Waals surface area contributed by atoms with E-state index in [2.05, 4.69) is 5.32 Å². The molecule has 0 saturated heterocycles. The van der Waals surface area contributed by atoms with Gasteiger partial charge in [-0.2, -0.15) is 0 Å². The third kappa shape index (κ3) is 2.98. The minimum atomic E-state index is 0.333. The molecule has 2 nitrogen and oxygen atoms in total. The van der Waals surface area contributed by atoms with Crippen LogP contribution in [0, 0.1) is 0 Å². The molecule has 2 rings (SSSR count). The Bertz CT molecular complexity index is 470. The van der Waals surface area contributed by atoms with E-state index >= 15 is 0 Å². The van der Waals surface area contributed by atoms with Crippen molar-refractivity contribution in [1.29, 1.82) is 0 Å². The van der Waals surface area contributed by atoms with Crippen molar-refractivity contribution in [2.75, 3.05) is 0 Å². The summed E-state index contributed by atoms with van der Waals surface area (Å²) in [6, 6.07) is 11.2. The highest BCUT2D eigenvalue weighted by Crippen LogP contribution is 2.21. The zero-order valence-corrected chi connectivity index (χ0v) is 10.2. The van der Waals surface area contributed by atoms with Gasteiger partial charge in [0.25, 0.3) is 0 Å². The predicted octanol–water partition coefficient (Wildman–Crippen LogP) is 3.40. The number of phenolic OH excluding ortho intramolecular Hbond substituents is 1. The first-order valence-corrected chi connectivity index (χ1v) is 6.17. The van der Waals surface area contributed by atoms with Gasteiger partial charge in [0.05, 0.1) is 4.34 Å². The molecule has 0 bridgehead atoms. The lowest BCUT2D eigenvalue weighted by Crippen LogP contribution is -2.11. The van der Waals surface area contributed by atoms with Gasteiger partial charge in [0, 0.05) is 23.5 Å². The van der Waals surface area contributed by atoms with Crippen LogP contribution in [0.1, 0.15) is 10.4 Å². The van der Waals surface area contributed by atoms with Gasteiger partial charge in [-0.05, 0) is 18.2 Å². The molecule has 1 aromatic carbocycles. The molecule has 0 spiro atoms. The van der Waals surface area contributed by atoms with Crippen molar-refractivity contribution in [3.63, 3.8) is 0 Å². The van der Waals surface area contributed by atoms with Gasteiger partial charge < -0.3 is 10.4 Å². The van der Waals surface area contributed by atoms with Crippen LogP contribution in [-0.2, 0) is 13.1 Å². The molecule has 0 atom stereocenters. The predicted molar refractivity (Wildman–Crippen MR) is 68.0 cm³/mol. The summed E-state index contributed by atoms with van der Waals surface area (Å²) in [5, 5.41) is 12.8. The molecule has 1 aromatic heterocycles. The highest BCUT2D eigenvalue weighted by molar-refractivity contribution is 7.16. The maximum absolute atomic E-state index is 9.55. The molecule has 0 amide bonds. The second-order valence-electron chi connectivity index (χ2n) is 3.44. The van der Waals surface area contributed by atoms with Gasteiger partial charge in [-0.15, -0.1) is 11.3 Å². The number of phenols is 1. The Morgan fingerprint density at radius 1 is 1.12 bits per heavy atom. The highest BCUT2D eigenvalue weighted by Gasteiger charge is 2.00. The first-order chi connectivity index (χ1) is 7.75. The molecule has 1 heterocycles. The standard InChI is InChI=1S/C12H12ClNOS/c13-12-6-5-10(16-12)8-14-7-9-3-1-2-4-11(9)15/h1-6,14-15H,7-8H2. The highest BCUT2D eigenvalue weighted by atomic mass is 35.5. The maximum Gasteiger partial charge on any atom is 0.120 e. The molecule has 84 valence electrons. The van der Waals surface area contributed by atoms with E-state index in [1.165, 1.54) is 4.88 Å². The molecule has 0 fully saturated rings. The Morgan fingerprint density at radius 3 is 2.62 bits per heavy atom. The molecular weight excluding hydrogens is 242 g/mol. The lowest BCUT2D eigenvalue weighted by molar-refractivity contribution is 0.464. The summed E-state index contributed by atoms with van der Waals surface area (Å²) in [6.07, 6.45) is 0. The van der Waals surface area contributed by atoms with Crippen LogP contribution in [0.2, 0.25) is 4.34 Å². The fourth-order valence-corrected chi connectivity index (χ4v) is 2.48. The second-order valence-corrected chi connectivity index (χ2v) is 5.24. The van der Waals surface area contributed by atoms with Gasteiger partial charge in [-0.25, -0.2) is 0 Å². The van der Waals surface area contributed by atoms with Crippen LogP contribution in [0.5, 0.6) is 5.75 Å². The van der Waals surface area contributed by atoms with Crippen LogP contribution in [0.4, 0.5) is 0 Å². The number of hydrogen-bond donors (Lipinski definition) is 2. The van der Waals surface area contributed by atoms with E-state index in [0.29, 0.717) is 12.3 Å². The van der Waals surface area contributed by atoms with Gasteiger partial charge in [-0.1, -0.05) is 29.8 Å². The van der Waals surface area contributed by atoms with E-state index in [-0.39, 0.29) is 0 Å². The summed E-state index contributed by atoms with van der Waals surface area (Å²) < 4.78 is 0.805. The lowest BCUT2D eigenvalue weighted by atomic mass is 10.2. The van der Waals surface area contributed by atoms with Gasteiger partial charge >= 0.3 is 0 Å². The molecule has 0 unspecified atom stereocenters. The van der Waals surface area contributed by atoms with Crippen LogP contribution in [0.15, 0.2) is 36.4 Å². The molecule has 0 saturated carbocycles. The third-order valence-electron chi connectivity index (χ3n) is 2.24. The normalized spacial score (nSPS) is 10.6. The number of rotatable bonds is 4. The molecular formula is C12H12ClNOS. The van der Waals surface area contributed by atoms with Crippen molar-refractivity contribution in [3.8, 4) is 5.75 Å². The summed E-state index contributed by atoms with van der Waals surface area (Å²) in [7, 11) is 0. The van der Waals surface area contributed by atoms with E-state index in [1.54, 1.807) is 17.4 Å². The van der Waals surface area contributed by atoms with Crippen molar-refractivity contribution >= 4 is 22.9 Å². The molecule has 2 N–H and O–H groups in total. The Balaban J connectivity index is 1.87. The van der Waals surface area contributed by atoms with Gasteiger partial charge in [-0.3, -0.25) is 0 Å². The maximum atomic E-state index is 9.55. The zero-order chi connectivity index (χ0) is 11.4. The number of halogens is 1. The summed E-state index contributed by atoms with van der Waals surface area (Å²) in [5.74, 6) is 0.333. The Morgan fingerprint density at radius 2 is 1.94 bits per heavy atom. The van der Waals surface area contributed by atoms with Crippen LogP contribution in [0.3, 0.4) is 0 Å². The molecule has 0 aliphatic heterocycles. The van der Waals surface area contributed by atoms with Crippen molar-refractivity contribution in [2.45, 2.75) is 13.1 Å². The Labute approximate surface area is 104 Å². The molecule has 2 aromatic rings. The average molecular weight is 254 g/mol. The summed E-state index contributed by atoms with van der Waals surface area (Å²) in [6.45, 7) is 1.42. The fraction of sp³-hybridized carbons (Fsp3) is 0.167. The van der Waals surface area contributed by atoms with Crippen molar-refractivity contribution in [1.82, 2.24) is 5.32 Å². The molecule has 0 radical (unpaired) electrons. The first kappa shape index (κ1) is 11.5. The van der Waals surface area contributed by atoms with Crippen LogP contribution in [0.25, 0.3) is 0 Å². The number of hydrogen-bond acceptors (Lipinski definition) is 3. The molecule has 0 aliphatic rings. The molecule has 16 heavy (non-hydrogen) atoms. The van der Waals surface area contributed by atoms with Gasteiger partial charge in [0.1, 0.15) is 5.75 Å². The Kier molecular flexibility index (Phi) is 3.83. The number of benzene rings is 1. The third-order valence-corrected chi connectivity index (χ3v) is 3.47. The van der Waals surface area contributed by atoms with Gasteiger partial charge in [0.2, 0.25) is 0 Å². The Hall–Kier alpha value is -1.03. The lowest BCUT2D eigenvalue weighted by Gasteiger charge is -2.05.